The summed E-state index contributed by atoms with van der Waals surface area (Å²) in [6.45, 7) is 0. The molecule has 6 nitrogen and oxygen atoms in total. The van der Waals surface area contributed by atoms with Gasteiger partial charge in [-0.25, -0.2) is 4.68 Å². The summed E-state index contributed by atoms with van der Waals surface area (Å²) < 4.78 is 1.27. The molecule has 0 atom stereocenters. The van der Waals surface area contributed by atoms with E-state index >= 15 is 0 Å². The summed E-state index contributed by atoms with van der Waals surface area (Å²) >= 11 is 19.3. The Kier molecular flexibility index (Phi) is 5.93. The SMILES string of the molecule is Nn1c(SCC(=O)Nc2ccccc2Cl)nnc1-c1cc(Cl)ccc1Cl. The molecule has 0 fully saturated rings. The third kappa shape index (κ3) is 4.24. The third-order valence-electron chi connectivity index (χ3n) is 3.31. The van der Waals surface area contributed by atoms with E-state index in [-0.39, 0.29) is 11.7 Å². The number of benzene rings is 2. The molecule has 0 unspecified atom stereocenters. The van der Waals surface area contributed by atoms with Crippen LogP contribution in [-0.4, -0.2) is 26.5 Å². The van der Waals surface area contributed by atoms with Gasteiger partial charge in [-0.05, 0) is 30.3 Å². The van der Waals surface area contributed by atoms with Crippen LogP contribution in [0.1, 0.15) is 0 Å². The number of amides is 1. The highest BCUT2D eigenvalue weighted by Gasteiger charge is 2.16. The summed E-state index contributed by atoms with van der Waals surface area (Å²) in [5, 5.41) is 12.5. The third-order valence-corrected chi connectivity index (χ3v) is 5.15. The lowest BCUT2D eigenvalue weighted by molar-refractivity contribution is -0.113. The van der Waals surface area contributed by atoms with E-state index < -0.39 is 0 Å². The highest BCUT2D eigenvalue weighted by Crippen LogP contribution is 2.30. The molecule has 2 aromatic carbocycles. The standard InChI is InChI=1S/C16H12Cl3N5OS/c17-9-5-6-11(18)10(7-9)15-22-23-16(24(15)20)26-8-14(25)21-13-4-2-1-3-12(13)19/h1-7H,8,20H2,(H,21,25). The van der Waals surface area contributed by atoms with Crippen LogP contribution in [0, 0.1) is 0 Å². The summed E-state index contributed by atoms with van der Waals surface area (Å²) in [4.78, 5) is 12.1. The maximum Gasteiger partial charge on any atom is 0.234 e. The van der Waals surface area contributed by atoms with Crippen molar-refractivity contribution in [2.24, 2.45) is 0 Å². The molecule has 0 aliphatic heterocycles. The van der Waals surface area contributed by atoms with E-state index in [1.807, 2.05) is 0 Å². The minimum absolute atomic E-state index is 0.0871. The summed E-state index contributed by atoms with van der Waals surface area (Å²) in [5.41, 5.74) is 1.10. The van der Waals surface area contributed by atoms with Gasteiger partial charge in [0.05, 0.1) is 21.5 Å². The summed E-state index contributed by atoms with van der Waals surface area (Å²) in [6.07, 6.45) is 0. The van der Waals surface area contributed by atoms with Gasteiger partial charge in [-0.3, -0.25) is 4.79 Å². The Balaban J connectivity index is 1.70. The molecule has 1 amide bonds. The van der Waals surface area contributed by atoms with Gasteiger partial charge in [0.1, 0.15) is 0 Å². The number of para-hydroxylation sites is 1. The number of carbonyl (C=O) groups is 1. The van der Waals surface area contributed by atoms with E-state index in [0.29, 0.717) is 37.3 Å². The molecule has 3 N–H and O–H groups in total. The van der Waals surface area contributed by atoms with Crippen molar-refractivity contribution in [3.63, 3.8) is 0 Å². The van der Waals surface area contributed by atoms with E-state index in [1.165, 1.54) is 4.68 Å². The minimum Gasteiger partial charge on any atom is -0.335 e. The van der Waals surface area contributed by atoms with Gasteiger partial charge in [-0.1, -0.05) is 58.7 Å². The van der Waals surface area contributed by atoms with E-state index in [4.69, 9.17) is 40.6 Å². The Bertz CT molecular complexity index is 963. The number of hydrogen-bond donors (Lipinski definition) is 2. The molecule has 0 aliphatic carbocycles. The first-order valence-electron chi connectivity index (χ1n) is 7.29. The molecule has 10 heteroatoms. The molecule has 1 aromatic heterocycles. The second-order valence-electron chi connectivity index (χ2n) is 5.12. The number of anilines is 1. The normalized spacial score (nSPS) is 10.7. The topological polar surface area (TPSA) is 85.8 Å². The van der Waals surface area contributed by atoms with Crippen LogP contribution >= 0.6 is 46.6 Å². The molecule has 0 saturated carbocycles. The fourth-order valence-corrected chi connectivity index (χ4v) is 3.32. The van der Waals surface area contributed by atoms with Gasteiger partial charge in [0.15, 0.2) is 5.82 Å². The molecular formula is C16H12Cl3N5OS. The van der Waals surface area contributed by atoms with E-state index in [2.05, 4.69) is 15.5 Å². The molecule has 26 heavy (non-hydrogen) atoms. The van der Waals surface area contributed by atoms with Crippen LogP contribution < -0.4 is 11.2 Å². The van der Waals surface area contributed by atoms with Gasteiger partial charge in [-0.2, -0.15) is 0 Å². The van der Waals surface area contributed by atoms with E-state index in [0.717, 1.165) is 11.8 Å². The second kappa shape index (κ2) is 8.18. The smallest absolute Gasteiger partial charge is 0.234 e. The average Bonchev–Trinajstić information content (AvgIpc) is 2.98. The number of nitrogens with two attached hydrogens (primary N) is 1. The lowest BCUT2D eigenvalue weighted by Crippen LogP contribution is -2.16. The highest BCUT2D eigenvalue weighted by atomic mass is 35.5. The van der Waals surface area contributed by atoms with E-state index in [1.54, 1.807) is 42.5 Å². The summed E-state index contributed by atoms with van der Waals surface area (Å²) in [6, 6.07) is 11.9. The first-order valence-corrected chi connectivity index (χ1v) is 9.40. The van der Waals surface area contributed by atoms with Crippen LogP contribution in [0.5, 0.6) is 0 Å². The molecule has 3 aromatic rings. The van der Waals surface area contributed by atoms with Gasteiger partial charge in [0.2, 0.25) is 11.1 Å². The van der Waals surface area contributed by atoms with Crippen molar-refractivity contribution in [3.8, 4) is 11.4 Å². The Morgan fingerprint density at radius 1 is 1.12 bits per heavy atom. The van der Waals surface area contributed by atoms with Crippen LogP contribution in [-0.2, 0) is 4.79 Å². The summed E-state index contributed by atoms with van der Waals surface area (Å²) in [5.74, 6) is 6.23. The number of hydrogen-bond acceptors (Lipinski definition) is 5. The van der Waals surface area contributed by atoms with Crippen molar-refractivity contribution in [1.29, 1.82) is 0 Å². The quantitative estimate of drug-likeness (QED) is 0.466. The molecule has 0 spiro atoms. The van der Waals surface area contributed by atoms with Crippen molar-refractivity contribution in [2.75, 3.05) is 16.9 Å². The van der Waals surface area contributed by atoms with Crippen LogP contribution in [0.25, 0.3) is 11.4 Å². The van der Waals surface area contributed by atoms with Gasteiger partial charge in [-0.15, -0.1) is 10.2 Å². The predicted molar refractivity (Wildman–Crippen MR) is 106 cm³/mol. The molecule has 0 aliphatic rings. The number of aromatic nitrogens is 3. The number of carbonyl (C=O) groups excluding carboxylic acids is 1. The molecular weight excluding hydrogens is 417 g/mol. The Labute approximate surface area is 168 Å². The first-order chi connectivity index (χ1) is 12.5. The van der Waals surface area contributed by atoms with Crippen LogP contribution in [0.4, 0.5) is 5.69 Å². The largest absolute Gasteiger partial charge is 0.335 e. The second-order valence-corrected chi connectivity index (χ2v) is 7.31. The fraction of sp³-hybridized carbons (Fsp3) is 0.0625. The van der Waals surface area contributed by atoms with E-state index in [9.17, 15) is 4.79 Å². The number of nitrogen functional groups attached to an aromatic ring is 1. The van der Waals surface area contributed by atoms with Gasteiger partial charge >= 0.3 is 0 Å². The average molecular weight is 429 g/mol. The molecule has 0 radical (unpaired) electrons. The summed E-state index contributed by atoms with van der Waals surface area (Å²) in [7, 11) is 0. The highest BCUT2D eigenvalue weighted by molar-refractivity contribution is 7.99. The van der Waals surface area contributed by atoms with Crippen molar-refractivity contribution < 1.29 is 4.79 Å². The van der Waals surface area contributed by atoms with Gasteiger partial charge in [0.25, 0.3) is 0 Å². The number of nitrogens with one attached hydrogen (secondary N) is 1. The van der Waals surface area contributed by atoms with Crippen LogP contribution in [0.3, 0.4) is 0 Å². The van der Waals surface area contributed by atoms with Crippen molar-refractivity contribution in [3.05, 3.63) is 57.5 Å². The van der Waals surface area contributed by atoms with Crippen molar-refractivity contribution >= 4 is 58.2 Å². The molecule has 0 bridgehead atoms. The minimum atomic E-state index is -0.242. The van der Waals surface area contributed by atoms with Crippen LogP contribution in [0.2, 0.25) is 15.1 Å². The first kappa shape index (κ1) is 18.8. The Morgan fingerprint density at radius 3 is 2.65 bits per heavy atom. The number of thioether (sulfide) groups is 1. The number of rotatable bonds is 5. The van der Waals surface area contributed by atoms with Crippen molar-refractivity contribution in [1.82, 2.24) is 14.9 Å². The molecule has 3 rings (SSSR count). The zero-order valence-corrected chi connectivity index (χ0v) is 16.2. The fourth-order valence-electron chi connectivity index (χ4n) is 2.11. The molecule has 1 heterocycles. The van der Waals surface area contributed by atoms with Gasteiger partial charge < -0.3 is 11.2 Å². The lowest BCUT2D eigenvalue weighted by atomic mass is 10.2. The Morgan fingerprint density at radius 2 is 1.88 bits per heavy atom. The number of nitrogens with zero attached hydrogens (tertiary/aromatic N) is 3. The zero-order valence-electron chi connectivity index (χ0n) is 13.1. The monoisotopic (exact) mass is 427 g/mol. The maximum absolute atomic E-state index is 12.1. The molecule has 0 saturated heterocycles. The molecule has 134 valence electrons. The van der Waals surface area contributed by atoms with Crippen LogP contribution in [0.15, 0.2) is 47.6 Å². The number of halogens is 3. The van der Waals surface area contributed by atoms with Gasteiger partial charge in [0, 0.05) is 10.6 Å². The lowest BCUT2D eigenvalue weighted by Gasteiger charge is -2.07. The van der Waals surface area contributed by atoms with Crippen molar-refractivity contribution in [2.45, 2.75) is 5.16 Å². The maximum atomic E-state index is 12.1. The Hall–Kier alpha value is -1.93. The predicted octanol–water partition coefficient (Wildman–Crippen LogP) is 4.35. The zero-order chi connectivity index (χ0) is 18.7.